The maximum atomic E-state index is 13.9. The number of carboxylic acid groups (broad SMARTS) is 1. The molecule has 0 bridgehead atoms. The third-order valence-corrected chi connectivity index (χ3v) is 6.43. The molecule has 0 spiro atoms. The first kappa shape index (κ1) is 27.4. The summed E-state index contributed by atoms with van der Waals surface area (Å²) in [5, 5.41) is 13.0. The Labute approximate surface area is 202 Å². The second-order valence-electron chi connectivity index (χ2n) is 10.5. The van der Waals surface area contributed by atoms with E-state index in [9.17, 15) is 14.7 Å². The number of piperidine rings is 1. The summed E-state index contributed by atoms with van der Waals surface area (Å²) in [6.07, 6.45) is 5.14. The van der Waals surface area contributed by atoms with Crippen molar-refractivity contribution in [1.29, 1.82) is 0 Å². The van der Waals surface area contributed by atoms with E-state index < -0.39 is 11.9 Å². The van der Waals surface area contributed by atoms with Crippen LogP contribution in [0.3, 0.4) is 0 Å². The molecular weight excluding hydrogens is 438 g/mol. The summed E-state index contributed by atoms with van der Waals surface area (Å²) in [6.45, 7) is 12.7. The Morgan fingerprint density at radius 1 is 1.33 bits per heavy atom. The second-order valence-corrected chi connectivity index (χ2v) is 11.5. The summed E-state index contributed by atoms with van der Waals surface area (Å²) in [5.74, 6) is 1.09. The quantitative estimate of drug-likeness (QED) is 0.493. The van der Waals surface area contributed by atoms with Gasteiger partial charge in [-0.25, -0.2) is 9.97 Å². The highest BCUT2D eigenvalue weighted by molar-refractivity contribution is 7.98. The number of carbonyl (C=O) groups excluding carboxylic acids is 1. The SMILES string of the molecule is CSCCCNc1nc(C(C)(C)C)ncc1C(=O)N(CC(C)C)[C@H]1C[C@@H](C(=O)O)CN(C)C1. The fourth-order valence-corrected chi connectivity index (χ4v) is 4.53. The maximum Gasteiger partial charge on any atom is 0.307 e. The zero-order chi connectivity index (χ0) is 24.8. The van der Waals surface area contributed by atoms with E-state index in [2.05, 4.69) is 51.2 Å². The number of thioether (sulfide) groups is 1. The molecule has 186 valence electrons. The lowest BCUT2D eigenvalue weighted by Crippen LogP contribution is -2.54. The molecule has 33 heavy (non-hydrogen) atoms. The van der Waals surface area contributed by atoms with Crippen LogP contribution in [0.5, 0.6) is 0 Å². The number of rotatable bonds is 10. The average molecular weight is 480 g/mol. The van der Waals surface area contributed by atoms with Gasteiger partial charge in [-0.1, -0.05) is 34.6 Å². The van der Waals surface area contributed by atoms with E-state index >= 15 is 0 Å². The summed E-state index contributed by atoms with van der Waals surface area (Å²) in [5.41, 5.74) is 0.211. The van der Waals surface area contributed by atoms with Crippen molar-refractivity contribution >= 4 is 29.5 Å². The van der Waals surface area contributed by atoms with Gasteiger partial charge >= 0.3 is 5.97 Å². The summed E-state index contributed by atoms with van der Waals surface area (Å²) in [7, 11) is 1.92. The minimum Gasteiger partial charge on any atom is -0.481 e. The molecule has 0 radical (unpaired) electrons. The Hall–Kier alpha value is -1.87. The Bertz CT molecular complexity index is 812. The molecule has 0 saturated carbocycles. The number of aliphatic carboxylic acids is 1. The number of nitrogens with zero attached hydrogens (tertiary/aromatic N) is 4. The summed E-state index contributed by atoms with van der Waals surface area (Å²) in [4.78, 5) is 38.7. The van der Waals surface area contributed by atoms with Crippen molar-refractivity contribution < 1.29 is 14.7 Å². The molecule has 2 rings (SSSR count). The number of likely N-dealkylation sites (tertiary alicyclic amines) is 1. The zero-order valence-corrected chi connectivity index (χ0v) is 22.0. The minimum atomic E-state index is -0.808. The van der Waals surface area contributed by atoms with Crippen LogP contribution in [0.25, 0.3) is 0 Å². The lowest BCUT2D eigenvalue weighted by molar-refractivity contribution is -0.144. The topological polar surface area (TPSA) is 98.7 Å². The van der Waals surface area contributed by atoms with E-state index in [1.807, 2.05) is 16.8 Å². The van der Waals surface area contributed by atoms with Crippen molar-refractivity contribution in [3.63, 3.8) is 0 Å². The van der Waals surface area contributed by atoms with Crippen LogP contribution >= 0.6 is 11.8 Å². The zero-order valence-electron chi connectivity index (χ0n) is 21.2. The van der Waals surface area contributed by atoms with Gasteiger partial charge in [-0.2, -0.15) is 11.8 Å². The molecule has 1 aliphatic heterocycles. The number of hydrogen-bond donors (Lipinski definition) is 2. The van der Waals surface area contributed by atoms with Crippen molar-refractivity contribution in [2.24, 2.45) is 11.8 Å². The summed E-state index contributed by atoms with van der Waals surface area (Å²) < 4.78 is 0. The predicted octanol–water partition coefficient (Wildman–Crippen LogP) is 3.44. The lowest BCUT2D eigenvalue weighted by Gasteiger charge is -2.41. The Morgan fingerprint density at radius 2 is 2.03 bits per heavy atom. The van der Waals surface area contributed by atoms with Gasteiger partial charge in [-0.05, 0) is 37.8 Å². The van der Waals surface area contributed by atoms with E-state index in [0.717, 1.165) is 18.7 Å². The number of nitrogens with one attached hydrogen (secondary N) is 1. The van der Waals surface area contributed by atoms with Gasteiger partial charge in [0.15, 0.2) is 0 Å². The Kier molecular flexibility index (Phi) is 9.97. The van der Waals surface area contributed by atoms with Gasteiger partial charge < -0.3 is 20.2 Å². The van der Waals surface area contributed by atoms with Gasteiger partial charge in [0.05, 0.1) is 5.92 Å². The molecule has 1 saturated heterocycles. The highest BCUT2D eigenvalue weighted by Crippen LogP contribution is 2.26. The minimum absolute atomic E-state index is 0.138. The predicted molar refractivity (Wildman–Crippen MR) is 135 cm³/mol. The van der Waals surface area contributed by atoms with E-state index in [0.29, 0.717) is 43.3 Å². The van der Waals surface area contributed by atoms with Crippen LogP contribution in [0, 0.1) is 11.8 Å². The van der Waals surface area contributed by atoms with Crippen LogP contribution in [0.1, 0.15) is 63.6 Å². The summed E-state index contributed by atoms with van der Waals surface area (Å²) in [6, 6.07) is -0.175. The molecule has 1 aliphatic rings. The Balaban J connectivity index is 2.40. The molecule has 0 aromatic carbocycles. The first-order valence-electron chi connectivity index (χ1n) is 11.8. The van der Waals surface area contributed by atoms with E-state index in [-0.39, 0.29) is 23.3 Å². The van der Waals surface area contributed by atoms with Crippen molar-refractivity contribution in [2.75, 3.05) is 50.6 Å². The van der Waals surface area contributed by atoms with Crippen LogP contribution in [-0.2, 0) is 10.2 Å². The van der Waals surface area contributed by atoms with Crippen molar-refractivity contribution in [3.05, 3.63) is 17.6 Å². The first-order valence-corrected chi connectivity index (χ1v) is 13.2. The molecule has 1 fully saturated rings. The number of amides is 1. The third kappa shape index (κ3) is 7.84. The van der Waals surface area contributed by atoms with Crippen LogP contribution in [0.4, 0.5) is 5.82 Å². The fourth-order valence-electron chi connectivity index (χ4n) is 4.10. The number of carbonyl (C=O) groups is 2. The molecular formula is C24H41N5O3S. The molecule has 1 amide bonds. The maximum absolute atomic E-state index is 13.9. The summed E-state index contributed by atoms with van der Waals surface area (Å²) >= 11 is 1.79. The molecule has 2 heterocycles. The van der Waals surface area contributed by atoms with Gasteiger partial charge in [0.25, 0.3) is 5.91 Å². The van der Waals surface area contributed by atoms with Gasteiger partial charge in [0.2, 0.25) is 0 Å². The molecule has 1 aromatic heterocycles. The van der Waals surface area contributed by atoms with Crippen molar-refractivity contribution in [2.45, 2.75) is 58.9 Å². The molecule has 1 aromatic rings. The normalized spacial score (nSPS) is 19.5. The first-order chi connectivity index (χ1) is 15.4. The molecule has 2 atom stereocenters. The van der Waals surface area contributed by atoms with Crippen LogP contribution in [-0.4, -0.2) is 88.0 Å². The average Bonchev–Trinajstić information content (AvgIpc) is 2.73. The highest BCUT2D eigenvalue weighted by atomic mass is 32.2. The van der Waals surface area contributed by atoms with Crippen LogP contribution in [0.2, 0.25) is 0 Å². The molecule has 0 unspecified atom stereocenters. The smallest absolute Gasteiger partial charge is 0.307 e. The Morgan fingerprint density at radius 3 is 2.61 bits per heavy atom. The largest absolute Gasteiger partial charge is 0.481 e. The standard InChI is InChI=1S/C24H41N5O3S/c1-16(2)13-29(18-11-17(22(31)32)14-28(6)15-18)21(30)19-12-26-23(24(3,4)5)27-20(19)25-9-8-10-33-7/h12,16-18H,8-11,13-15H2,1-7H3,(H,31,32)(H,25,26,27)/t17-,18+/m1/s1. The number of anilines is 1. The van der Waals surface area contributed by atoms with Gasteiger partial charge in [0.1, 0.15) is 17.2 Å². The lowest BCUT2D eigenvalue weighted by atomic mass is 9.92. The third-order valence-electron chi connectivity index (χ3n) is 5.73. The van der Waals surface area contributed by atoms with E-state index in [1.54, 1.807) is 18.0 Å². The van der Waals surface area contributed by atoms with E-state index in [1.165, 1.54) is 0 Å². The molecule has 0 aliphatic carbocycles. The van der Waals surface area contributed by atoms with Crippen molar-refractivity contribution in [1.82, 2.24) is 19.8 Å². The number of aromatic nitrogens is 2. The van der Waals surface area contributed by atoms with E-state index in [4.69, 9.17) is 4.98 Å². The van der Waals surface area contributed by atoms with Crippen LogP contribution in [0.15, 0.2) is 6.20 Å². The van der Waals surface area contributed by atoms with Gasteiger partial charge in [-0.15, -0.1) is 0 Å². The fraction of sp³-hybridized carbons (Fsp3) is 0.750. The highest BCUT2D eigenvalue weighted by Gasteiger charge is 2.36. The van der Waals surface area contributed by atoms with Gasteiger partial charge in [-0.3, -0.25) is 9.59 Å². The molecule has 9 heteroatoms. The molecule has 2 N–H and O–H groups in total. The number of likely N-dealkylation sites (N-methyl/N-ethyl adjacent to an activating group) is 1. The van der Waals surface area contributed by atoms with Gasteiger partial charge in [0, 0.05) is 43.8 Å². The second kappa shape index (κ2) is 12.0. The number of carboxylic acids is 1. The van der Waals surface area contributed by atoms with Crippen LogP contribution < -0.4 is 5.32 Å². The monoisotopic (exact) mass is 479 g/mol. The van der Waals surface area contributed by atoms with Crippen molar-refractivity contribution in [3.8, 4) is 0 Å². The number of hydrogen-bond acceptors (Lipinski definition) is 7. The molecule has 8 nitrogen and oxygen atoms in total.